The second-order valence-electron chi connectivity index (χ2n) is 7.47. The summed E-state index contributed by atoms with van der Waals surface area (Å²) in [5, 5.41) is 2.25. The van der Waals surface area contributed by atoms with Crippen molar-refractivity contribution in [1.29, 1.82) is 0 Å². The van der Waals surface area contributed by atoms with Crippen LogP contribution in [0, 0.1) is 11.6 Å². The summed E-state index contributed by atoms with van der Waals surface area (Å²) in [5.74, 6) is -1.74. The molecule has 6 heteroatoms. The molecular weight excluding hydrogens is 460 g/mol. The lowest BCUT2D eigenvalue weighted by molar-refractivity contribution is -0.510. The van der Waals surface area contributed by atoms with Gasteiger partial charge >= 0.3 is 0 Å². The fourth-order valence-electron chi connectivity index (χ4n) is 4.23. The zero-order valence-electron chi connectivity index (χ0n) is 16.1. The van der Waals surface area contributed by atoms with Gasteiger partial charge in [0.15, 0.2) is 17.3 Å². The van der Waals surface area contributed by atoms with Crippen molar-refractivity contribution >= 4 is 43.3 Å². The van der Waals surface area contributed by atoms with Crippen LogP contribution in [-0.4, -0.2) is 9.55 Å². The number of imidazole rings is 1. The van der Waals surface area contributed by atoms with Gasteiger partial charge in [0.2, 0.25) is 5.52 Å². The van der Waals surface area contributed by atoms with E-state index in [1.807, 2.05) is 57.9 Å². The lowest BCUT2D eigenvalue weighted by Gasteiger charge is -2.04. The Bertz CT molecular complexity index is 1610. The quantitative estimate of drug-likeness (QED) is 0.275. The molecule has 0 amide bonds. The van der Waals surface area contributed by atoms with Gasteiger partial charge in [-0.15, -0.1) is 0 Å². The van der Waals surface area contributed by atoms with Crippen LogP contribution in [0.1, 0.15) is 0 Å². The van der Waals surface area contributed by atoms with E-state index in [1.54, 1.807) is 6.07 Å². The zero-order valence-corrected chi connectivity index (χ0v) is 17.7. The Morgan fingerprint density at radius 3 is 2.45 bits per heavy atom. The summed E-state index contributed by atoms with van der Waals surface area (Å²) >= 11 is 3.49. The fraction of sp³-hybridized carbons (Fsp3) is 0. The fourth-order valence-corrected chi connectivity index (χ4v) is 4.49. The van der Waals surface area contributed by atoms with Crippen molar-refractivity contribution in [2.75, 3.05) is 0 Å². The predicted molar refractivity (Wildman–Crippen MR) is 121 cm³/mol. The minimum Gasteiger partial charge on any atom is -0.351 e. The summed E-state index contributed by atoms with van der Waals surface area (Å²) < 4.78 is 32.6. The molecule has 3 nitrogen and oxygen atoms in total. The zero-order chi connectivity index (χ0) is 21.1. The SMILES string of the molecule is Fc1ccc(-n2c[n+]3ccc4c5ccccc5[nH]c4c3c2-c2ccc(Br)cc2)cc1F. The molecule has 31 heavy (non-hydrogen) atoms. The molecule has 0 atom stereocenters. The molecule has 1 N–H and O–H groups in total. The molecule has 0 unspecified atom stereocenters. The van der Waals surface area contributed by atoms with Crippen LogP contribution >= 0.6 is 15.9 Å². The van der Waals surface area contributed by atoms with Crippen molar-refractivity contribution < 1.29 is 13.2 Å². The van der Waals surface area contributed by atoms with Crippen LogP contribution in [-0.2, 0) is 0 Å². The molecule has 0 aliphatic rings. The van der Waals surface area contributed by atoms with E-state index in [0.717, 1.165) is 49.1 Å². The second kappa shape index (κ2) is 6.75. The number of fused-ring (bicyclic) bond motifs is 5. The first-order chi connectivity index (χ1) is 15.1. The van der Waals surface area contributed by atoms with Gasteiger partial charge in [0.25, 0.3) is 6.33 Å². The lowest BCUT2D eigenvalue weighted by Crippen LogP contribution is -2.17. The molecule has 0 bridgehead atoms. The van der Waals surface area contributed by atoms with Gasteiger partial charge in [-0.25, -0.2) is 8.78 Å². The third kappa shape index (κ3) is 2.79. The molecule has 0 spiro atoms. The number of para-hydroxylation sites is 1. The number of aromatic amines is 1. The minimum atomic E-state index is -0.877. The predicted octanol–water partition coefficient (Wildman–Crippen LogP) is 6.56. The Balaban J connectivity index is 1.77. The van der Waals surface area contributed by atoms with Gasteiger partial charge in [0.05, 0.1) is 11.7 Å². The smallest absolute Gasteiger partial charge is 0.254 e. The number of halogens is 3. The van der Waals surface area contributed by atoms with Gasteiger partial charge in [0.1, 0.15) is 5.69 Å². The molecule has 150 valence electrons. The first-order valence-electron chi connectivity index (χ1n) is 9.77. The highest BCUT2D eigenvalue weighted by Crippen LogP contribution is 2.34. The second-order valence-corrected chi connectivity index (χ2v) is 8.39. The molecule has 3 heterocycles. The number of aromatic nitrogens is 3. The largest absolute Gasteiger partial charge is 0.351 e. The van der Waals surface area contributed by atoms with Crippen molar-refractivity contribution in [2.45, 2.75) is 0 Å². The molecule has 6 aromatic rings. The minimum absolute atomic E-state index is 0.546. The van der Waals surface area contributed by atoms with Crippen LogP contribution in [0.5, 0.6) is 0 Å². The van der Waals surface area contributed by atoms with Crippen molar-refractivity contribution in [1.82, 2.24) is 9.55 Å². The summed E-state index contributed by atoms with van der Waals surface area (Å²) in [5.41, 5.74) is 5.39. The first kappa shape index (κ1) is 18.3. The molecule has 0 saturated carbocycles. The van der Waals surface area contributed by atoms with E-state index in [2.05, 4.69) is 39.1 Å². The number of rotatable bonds is 2. The molecule has 0 radical (unpaired) electrons. The molecule has 3 aromatic heterocycles. The van der Waals surface area contributed by atoms with Crippen LogP contribution in [0.4, 0.5) is 8.78 Å². The van der Waals surface area contributed by atoms with Gasteiger partial charge in [-0.05, 0) is 48.5 Å². The average molecular weight is 475 g/mol. The molecule has 0 fully saturated rings. The Kier molecular flexibility index (Phi) is 3.98. The van der Waals surface area contributed by atoms with Gasteiger partial charge in [-0.2, -0.15) is 8.97 Å². The summed E-state index contributed by atoms with van der Waals surface area (Å²) in [7, 11) is 0. The van der Waals surface area contributed by atoms with Crippen molar-refractivity contribution in [3.05, 3.63) is 101 Å². The molecule has 0 aliphatic heterocycles. The summed E-state index contributed by atoms with van der Waals surface area (Å²) in [6.07, 6.45) is 3.89. The number of H-pyrrole nitrogens is 1. The number of nitrogens with one attached hydrogen (secondary N) is 1. The van der Waals surface area contributed by atoms with Crippen LogP contribution in [0.2, 0.25) is 0 Å². The highest BCUT2D eigenvalue weighted by molar-refractivity contribution is 9.10. The average Bonchev–Trinajstić information content (AvgIpc) is 3.35. The normalized spacial score (nSPS) is 11.7. The van der Waals surface area contributed by atoms with Gasteiger partial charge in [-0.3, -0.25) is 0 Å². The summed E-state index contributed by atoms with van der Waals surface area (Å²) in [6.45, 7) is 0. The maximum atomic E-state index is 14.1. The van der Waals surface area contributed by atoms with Gasteiger partial charge in [-0.1, -0.05) is 34.1 Å². The van der Waals surface area contributed by atoms with E-state index < -0.39 is 11.6 Å². The standard InChI is InChI=1S/C25H15BrF2N3/c26-16-7-5-15(6-8-16)24-25-23-19(18-3-1-2-4-22(18)29-23)11-12-30(25)14-31(24)17-9-10-20(27)21(28)13-17/h1-14,29H/q+1. The van der Waals surface area contributed by atoms with E-state index in [1.165, 1.54) is 6.07 Å². The molecule has 6 rings (SSSR count). The van der Waals surface area contributed by atoms with E-state index >= 15 is 0 Å². The van der Waals surface area contributed by atoms with E-state index in [4.69, 9.17) is 0 Å². The van der Waals surface area contributed by atoms with Crippen molar-refractivity contribution in [2.24, 2.45) is 0 Å². The summed E-state index contributed by atoms with van der Waals surface area (Å²) in [6, 6.07) is 22.2. The maximum Gasteiger partial charge on any atom is 0.254 e. The Labute approximate surface area is 184 Å². The third-order valence-electron chi connectivity index (χ3n) is 5.65. The van der Waals surface area contributed by atoms with Crippen molar-refractivity contribution in [3.8, 4) is 16.9 Å². The highest BCUT2D eigenvalue weighted by Gasteiger charge is 2.25. The molecule has 0 saturated heterocycles. The number of pyridine rings is 1. The first-order valence-corrected chi connectivity index (χ1v) is 10.6. The molecule has 3 aromatic carbocycles. The van der Waals surface area contributed by atoms with E-state index in [-0.39, 0.29) is 0 Å². The maximum absolute atomic E-state index is 14.1. The number of hydrogen-bond donors (Lipinski definition) is 1. The Hall–Kier alpha value is -3.51. The third-order valence-corrected chi connectivity index (χ3v) is 6.18. The van der Waals surface area contributed by atoms with E-state index in [0.29, 0.717) is 5.69 Å². The van der Waals surface area contributed by atoms with Crippen LogP contribution in [0.25, 0.3) is 44.3 Å². The molecule has 0 aliphatic carbocycles. The number of nitrogens with zero attached hydrogens (tertiary/aromatic N) is 2. The van der Waals surface area contributed by atoms with E-state index in [9.17, 15) is 8.78 Å². The van der Waals surface area contributed by atoms with Gasteiger partial charge < -0.3 is 4.98 Å². The number of hydrogen-bond acceptors (Lipinski definition) is 0. The Morgan fingerprint density at radius 2 is 1.65 bits per heavy atom. The highest BCUT2D eigenvalue weighted by atomic mass is 79.9. The van der Waals surface area contributed by atoms with Gasteiger partial charge in [0, 0.05) is 32.4 Å². The Morgan fingerprint density at radius 1 is 0.839 bits per heavy atom. The van der Waals surface area contributed by atoms with Crippen LogP contribution < -0.4 is 4.40 Å². The number of benzene rings is 3. The van der Waals surface area contributed by atoms with Crippen LogP contribution in [0.3, 0.4) is 0 Å². The molecular formula is C25H15BrF2N3+. The summed E-state index contributed by atoms with van der Waals surface area (Å²) in [4.78, 5) is 3.55. The monoisotopic (exact) mass is 474 g/mol. The topological polar surface area (TPSA) is 24.8 Å². The lowest BCUT2D eigenvalue weighted by atomic mass is 10.1. The van der Waals surface area contributed by atoms with Crippen LogP contribution in [0.15, 0.2) is 89.8 Å². The van der Waals surface area contributed by atoms with Crippen molar-refractivity contribution in [3.63, 3.8) is 0 Å².